The normalized spacial score (nSPS) is 16.5. The highest BCUT2D eigenvalue weighted by Crippen LogP contribution is 2.49. The SMILES string of the molecule is CCCCCCC(CCCC)CN1C(=O)C2=C(c3cccs3)N(CC(CCCC)CCCCCC)C(=O)C2=C1c1cccs1. The van der Waals surface area contributed by atoms with Gasteiger partial charge in [-0.05, 0) is 60.4 Å². The molecule has 0 radical (unpaired) electrons. The summed E-state index contributed by atoms with van der Waals surface area (Å²) in [4.78, 5) is 35.4. The van der Waals surface area contributed by atoms with Crippen LogP contribution in [0.5, 0.6) is 0 Å². The Morgan fingerprint density at radius 1 is 0.545 bits per heavy atom. The second kappa shape index (κ2) is 18.1. The maximum atomic E-state index is 14.6. The number of fused-ring (bicyclic) bond motifs is 1. The molecule has 2 amide bonds. The summed E-state index contributed by atoms with van der Waals surface area (Å²) < 4.78 is 0. The first-order chi connectivity index (χ1) is 21.5. The van der Waals surface area contributed by atoms with Crippen molar-refractivity contribution in [3.8, 4) is 0 Å². The number of amides is 2. The van der Waals surface area contributed by atoms with Gasteiger partial charge in [0.1, 0.15) is 0 Å². The number of nitrogens with zero attached hydrogens (tertiary/aromatic N) is 2. The van der Waals surface area contributed by atoms with E-state index in [4.69, 9.17) is 0 Å². The smallest absolute Gasteiger partial charge is 0.261 e. The molecular weight excluding hydrogens is 581 g/mol. The molecule has 4 nitrogen and oxygen atoms in total. The van der Waals surface area contributed by atoms with E-state index in [1.807, 2.05) is 21.9 Å². The number of thiophene rings is 2. The van der Waals surface area contributed by atoms with Crippen molar-refractivity contribution in [2.24, 2.45) is 11.8 Å². The van der Waals surface area contributed by atoms with Crippen LogP contribution in [0.1, 0.15) is 140 Å². The van der Waals surface area contributed by atoms with Crippen LogP contribution >= 0.6 is 22.7 Å². The van der Waals surface area contributed by atoms with E-state index in [1.165, 1.54) is 64.2 Å². The van der Waals surface area contributed by atoms with E-state index in [2.05, 4.69) is 50.6 Å². The first kappa shape index (κ1) is 34.7. The van der Waals surface area contributed by atoms with Gasteiger partial charge in [0.05, 0.1) is 32.3 Å². The maximum absolute atomic E-state index is 14.6. The Balaban J connectivity index is 1.71. The third kappa shape index (κ3) is 8.54. The molecule has 2 atom stereocenters. The molecule has 2 aromatic heterocycles. The fraction of sp³-hybridized carbons (Fsp3) is 0.632. The molecule has 2 unspecified atom stereocenters. The molecule has 6 heteroatoms. The van der Waals surface area contributed by atoms with Crippen LogP contribution < -0.4 is 0 Å². The van der Waals surface area contributed by atoms with Gasteiger partial charge >= 0.3 is 0 Å². The lowest BCUT2D eigenvalue weighted by molar-refractivity contribution is -0.124. The van der Waals surface area contributed by atoms with Crippen molar-refractivity contribution in [1.82, 2.24) is 9.80 Å². The third-order valence-electron chi connectivity index (χ3n) is 9.44. The first-order valence-electron chi connectivity index (χ1n) is 17.8. The predicted molar refractivity (Wildman–Crippen MR) is 189 cm³/mol. The number of carbonyl (C=O) groups excluding carboxylic acids is 2. The molecule has 242 valence electrons. The van der Waals surface area contributed by atoms with Crippen LogP contribution in [0.2, 0.25) is 0 Å². The van der Waals surface area contributed by atoms with Crippen molar-refractivity contribution >= 4 is 45.9 Å². The fourth-order valence-electron chi connectivity index (χ4n) is 6.96. The molecule has 0 aromatic carbocycles. The molecule has 44 heavy (non-hydrogen) atoms. The number of unbranched alkanes of at least 4 members (excludes halogenated alkanes) is 8. The van der Waals surface area contributed by atoms with Crippen LogP contribution in [0.4, 0.5) is 0 Å². The number of hydrogen-bond donors (Lipinski definition) is 0. The lowest BCUT2D eigenvalue weighted by atomic mass is 9.94. The standard InChI is InChI=1S/C38H56N2O2S2/c1-5-9-13-15-21-29(19-11-7-3)27-39-35(31-23-17-25-43-31)33-34(37(39)41)36(32-24-18-26-44-32)40(38(33)42)28-30(20-12-8-4)22-16-14-10-6-2/h17-18,23-26,29-30H,5-16,19-22,27-28H2,1-4H3. The summed E-state index contributed by atoms with van der Waals surface area (Å²) in [7, 11) is 0. The van der Waals surface area contributed by atoms with Crippen molar-refractivity contribution in [1.29, 1.82) is 0 Å². The zero-order valence-corrected chi connectivity index (χ0v) is 29.5. The molecule has 0 bridgehead atoms. The van der Waals surface area contributed by atoms with Gasteiger partial charge in [-0.15, -0.1) is 22.7 Å². The Hall–Kier alpha value is -2.18. The minimum absolute atomic E-state index is 0.0331. The second-order valence-electron chi connectivity index (χ2n) is 12.9. The predicted octanol–water partition coefficient (Wildman–Crippen LogP) is 11.2. The topological polar surface area (TPSA) is 40.6 Å². The lowest BCUT2D eigenvalue weighted by Gasteiger charge is -2.29. The quantitative estimate of drug-likeness (QED) is 0.121. The van der Waals surface area contributed by atoms with Crippen molar-refractivity contribution in [2.45, 2.75) is 130 Å². The first-order valence-corrected chi connectivity index (χ1v) is 19.5. The van der Waals surface area contributed by atoms with Gasteiger partial charge in [-0.25, -0.2) is 0 Å². The molecule has 0 N–H and O–H groups in total. The molecule has 4 rings (SSSR count). The van der Waals surface area contributed by atoms with Gasteiger partial charge in [0.2, 0.25) is 0 Å². The minimum atomic E-state index is 0.0331. The van der Waals surface area contributed by atoms with E-state index in [1.54, 1.807) is 22.7 Å². The van der Waals surface area contributed by atoms with Gasteiger partial charge in [-0.1, -0.05) is 117 Å². The molecule has 2 aliphatic rings. The summed E-state index contributed by atoms with van der Waals surface area (Å²) in [5, 5.41) is 4.14. The molecule has 0 saturated carbocycles. The van der Waals surface area contributed by atoms with Crippen LogP contribution in [0.3, 0.4) is 0 Å². The summed E-state index contributed by atoms with van der Waals surface area (Å²) >= 11 is 3.29. The van der Waals surface area contributed by atoms with Crippen molar-refractivity contribution in [3.05, 3.63) is 55.9 Å². The van der Waals surface area contributed by atoms with Gasteiger partial charge in [0.25, 0.3) is 11.8 Å². The molecule has 2 aromatic rings. The number of rotatable bonds is 22. The van der Waals surface area contributed by atoms with Crippen LogP contribution in [-0.4, -0.2) is 34.7 Å². The zero-order valence-electron chi connectivity index (χ0n) is 27.9. The van der Waals surface area contributed by atoms with Crippen molar-refractivity contribution < 1.29 is 9.59 Å². The molecule has 0 saturated heterocycles. The Bertz CT molecular complexity index is 1130. The average molecular weight is 637 g/mol. The minimum Gasteiger partial charge on any atom is -0.306 e. The highest BCUT2D eigenvalue weighted by Gasteiger charge is 2.49. The molecule has 0 fully saturated rings. The molecule has 2 aliphatic heterocycles. The highest BCUT2D eigenvalue weighted by atomic mass is 32.1. The Morgan fingerprint density at radius 2 is 0.932 bits per heavy atom. The molecular formula is C38H56N2O2S2. The van der Waals surface area contributed by atoms with Gasteiger partial charge in [0, 0.05) is 13.1 Å². The van der Waals surface area contributed by atoms with Crippen LogP contribution in [0, 0.1) is 11.8 Å². The van der Waals surface area contributed by atoms with E-state index in [0.29, 0.717) is 36.1 Å². The van der Waals surface area contributed by atoms with Crippen LogP contribution in [-0.2, 0) is 9.59 Å². The highest BCUT2D eigenvalue weighted by molar-refractivity contribution is 7.11. The Morgan fingerprint density at radius 3 is 1.27 bits per heavy atom. The van der Waals surface area contributed by atoms with E-state index >= 15 is 0 Å². The maximum Gasteiger partial charge on any atom is 0.261 e. The van der Waals surface area contributed by atoms with Crippen molar-refractivity contribution in [3.63, 3.8) is 0 Å². The molecule has 0 spiro atoms. The summed E-state index contributed by atoms with van der Waals surface area (Å²) in [6.07, 6.45) is 19.2. The van der Waals surface area contributed by atoms with E-state index < -0.39 is 0 Å². The summed E-state index contributed by atoms with van der Waals surface area (Å²) in [5.41, 5.74) is 3.04. The summed E-state index contributed by atoms with van der Waals surface area (Å²) in [6, 6.07) is 8.28. The fourth-order valence-corrected chi connectivity index (χ4v) is 8.53. The Labute approximate surface area is 275 Å². The molecule has 4 heterocycles. The van der Waals surface area contributed by atoms with E-state index in [-0.39, 0.29) is 11.8 Å². The van der Waals surface area contributed by atoms with Crippen LogP contribution in [0.15, 0.2) is 46.2 Å². The largest absolute Gasteiger partial charge is 0.306 e. The number of carbonyl (C=O) groups is 2. The second-order valence-corrected chi connectivity index (χ2v) is 14.8. The van der Waals surface area contributed by atoms with Crippen molar-refractivity contribution in [2.75, 3.05) is 13.1 Å². The number of hydrogen-bond acceptors (Lipinski definition) is 4. The lowest BCUT2D eigenvalue weighted by Crippen LogP contribution is -2.34. The average Bonchev–Trinajstić information content (AvgIpc) is 3.83. The van der Waals surface area contributed by atoms with Gasteiger partial charge in [0.15, 0.2) is 0 Å². The third-order valence-corrected chi connectivity index (χ3v) is 11.2. The van der Waals surface area contributed by atoms with Gasteiger partial charge in [-0.3, -0.25) is 9.59 Å². The summed E-state index contributed by atoms with van der Waals surface area (Å²) in [5.74, 6) is 0.962. The Kier molecular flexibility index (Phi) is 14.3. The van der Waals surface area contributed by atoms with Gasteiger partial charge < -0.3 is 9.80 Å². The zero-order chi connectivity index (χ0) is 31.3. The monoisotopic (exact) mass is 636 g/mol. The van der Waals surface area contributed by atoms with Gasteiger partial charge in [-0.2, -0.15) is 0 Å². The van der Waals surface area contributed by atoms with Crippen LogP contribution in [0.25, 0.3) is 11.4 Å². The summed E-state index contributed by atoms with van der Waals surface area (Å²) in [6.45, 7) is 10.4. The molecule has 0 aliphatic carbocycles. The van der Waals surface area contributed by atoms with E-state index in [9.17, 15) is 9.59 Å². The van der Waals surface area contributed by atoms with E-state index in [0.717, 1.165) is 59.7 Å².